The van der Waals surface area contributed by atoms with Crippen molar-refractivity contribution < 1.29 is 14.3 Å². The van der Waals surface area contributed by atoms with Crippen LogP contribution < -0.4 is 16.0 Å². The number of carbonyl (C=O) groups excluding carboxylic acids is 2. The van der Waals surface area contributed by atoms with E-state index in [4.69, 9.17) is 4.74 Å². The van der Waals surface area contributed by atoms with Gasteiger partial charge >= 0.3 is 0 Å². The molecule has 2 fully saturated rings. The fraction of sp³-hybridized carbons (Fsp3) is 0.875. The first-order chi connectivity index (χ1) is 10.7. The van der Waals surface area contributed by atoms with E-state index in [0.717, 1.165) is 6.54 Å². The van der Waals surface area contributed by atoms with E-state index in [1.54, 1.807) is 0 Å². The molecule has 126 valence electrons. The van der Waals surface area contributed by atoms with E-state index in [1.807, 2.05) is 0 Å². The molecule has 1 atom stereocenters. The standard InChI is InChI=1S/C16H29N3O3/c20-15(10-13-4-2-1-3-5-13)18-6-7-19-16(21)11-14-12-22-9-8-17-14/h13-14,17H,1-12H2,(H,18,20)(H,19,21). The Kier molecular flexibility index (Phi) is 7.66. The van der Waals surface area contributed by atoms with Crippen LogP contribution in [-0.4, -0.2) is 50.7 Å². The van der Waals surface area contributed by atoms with Crippen LogP contribution >= 0.6 is 0 Å². The molecule has 6 nitrogen and oxygen atoms in total. The Labute approximate surface area is 132 Å². The van der Waals surface area contributed by atoms with E-state index in [0.29, 0.717) is 45.1 Å². The van der Waals surface area contributed by atoms with Crippen LogP contribution in [0.4, 0.5) is 0 Å². The first kappa shape index (κ1) is 17.2. The average Bonchev–Trinajstić information content (AvgIpc) is 2.53. The van der Waals surface area contributed by atoms with Crippen molar-refractivity contribution in [1.29, 1.82) is 0 Å². The number of rotatable bonds is 7. The topological polar surface area (TPSA) is 79.5 Å². The quantitative estimate of drug-likeness (QED) is 0.601. The van der Waals surface area contributed by atoms with Crippen molar-refractivity contribution in [1.82, 2.24) is 16.0 Å². The number of ether oxygens (including phenoxy) is 1. The minimum Gasteiger partial charge on any atom is -0.378 e. The summed E-state index contributed by atoms with van der Waals surface area (Å²) in [4.78, 5) is 23.6. The Morgan fingerprint density at radius 3 is 2.32 bits per heavy atom. The van der Waals surface area contributed by atoms with Crippen LogP contribution in [0.5, 0.6) is 0 Å². The number of amides is 2. The molecule has 1 saturated carbocycles. The predicted octanol–water partition coefficient (Wildman–Crippen LogP) is 0.568. The third-order valence-electron chi connectivity index (χ3n) is 4.40. The molecule has 22 heavy (non-hydrogen) atoms. The van der Waals surface area contributed by atoms with Crippen molar-refractivity contribution in [3.05, 3.63) is 0 Å². The van der Waals surface area contributed by atoms with Gasteiger partial charge < -0.3 is 20.7 Å². The first-order valence-electron chi connectivity index (χ1n) is 8.58. The summed E-state index contributed by atoms with van der Waals surface area (Å²) < 4.78 is 5.31. The molecule has 1 aliphatic heterocycles. The van der Waals surface area contributed by atoms with Gasteiger partial charge in [0.15, 0.2) is 0 Å². The van der Waals surface area contributed by atoms with Crippen molar-refractivity contribution in [2.75, 3.05) is 32.8 Å². The minimum absolute atomic E-state index is 0.00419. The fourth-order valence-electron chi connectivity index (χ4n) is 3.18. The maximum atomic E-state index is 11.8. The Hall–Kier alpha value is -1.14. The first-order valence-corrected chi connectivity index (χ1v) is 8.58. The van der Waals surface area contributed by atoms with Gasteiger partial charge in [-0.3, -0.25) is 9.59 Å². The monoisotopic (exact) mass is 311 g/mol. The molecule has 0 aromatic carbocycles. The third kappa shape index (κ3) is 6.75. The van der Waals surface area contributed by atoms with E-state index >= 15 is 0 Å². The van der Waals surface area contributed by atoms with Gasteiger partial charge in [0.1, 0.15) is 0 Å². The molecule has 0 radical (unpaired) electrons. The van der Waals surface area contributed by atoms with E-state index < -0.39 is 0 Å². The lowest BCUT2D eigenvalue weighted by molar-refractivity contribution is -0.124. The van der Waals surface area contributed by atoms with Gasteiger partial charge in [-0.05, 0) is 18.8 Å². The molecule has 2 amide bonds. The smallest absolute Gasteiger partial charge is 0.221 e. The summed E-state index contributed by atoms with van der Waals surface area (Å²) in [5.74, 6) is 0.675. The van der Waals surface area contributed by atoms with Crippen molar-refractivity contribution >= 4 is 11.8 Å². The zero-order chi connectivity index (χ0) is 15.6. The molecule has 0 aromatic heterocycles. The predicted molar refractivity (Wildman–Crippen MR) is 84.4 cm³/mol. The van der Waals surface area contributed by atoms with Gasteiger partial charge in [0, 0.05) is 38.5 Å². The zero-order valence-electron chi connectivity index (χ0n) is 13.4. The molecule has 2 aliphatic rings. The second kappa shape index (κ2) is 9.79. The largest absolute Gasteiger partial charge is 0.378 e. The van der Waals surface area contributed by atoms with Crippen molar-refractivity contribution in [3.8, 4) is 0 Å². The average molecular weight is 311 g/mol. The van der Waals surface area contributed by atoms with Crippen LogP contribution in [-0.2, 0) is 14.3 Å². The number of nitrogens with one attached hydrogen (secondary N) is 3. The minimum atomic E-state index is 0.00419. The molecule has 0 bridgehead atoms. The van der Waals surface area contributed by atoms with E-state index in [2.05, 4.69) is 16.0 Å². The number of hydrogen-bond donors (Lipinski definition) is 3. The van der Waals surface area contributed by atoms with Crippen LogP contribution in [0, 0.1) is 5.92 Å². The van der Waals surface area contributed by atoms with Crippen LogP contribution in [0.3, 0.4) is 0 Å². The maximum absolute atomic E-state index is 11.8. The Bertz CT molecular complexity index is 317. The highest BCUT2D eigenvalue weighted by atomic mass is 16.5. The molecule has 3 N–H and O–H groups in total. The number of morpholine rings is 1. The maximum Gasteiger partial charge on any atom is 0.221 e. The lowest BCUT2D eigenvalue weighted by atomic mass is 9.87. The molecule has 1 unspecified atom stereocenters. The third-order valence-corrected chi connectivity index (χ3v) is 4.40. The summed E-state index contributed by atoms with van der Waals surface area (Å²) in [5, 5.41) is 8.98. The summed E-state index contributed by atoms with van der Waals surface area (Å²) in [7, 11) is 0. The van der Waals surface area contributed by atoms with Gasteiger partial charge in [0.05, 0.1) is 13.2 Å². The van der Waals surface area contributed by atoms with E-state index in [1.165, 1.54) is 32.1 Å². The lowest BCUT2D eigenvalue weighted by Gasteiger charge is -2.23. The molecule has 2 rings (SSSR count). The molecule has 0 spiro atoms. The van der Waals surface area contributed by atoms with Gasteiger partial charge in [0.2, 0.25) is 11.8 Å². The van der Waals surface area contributed by atoms with Crippen LogP contribution in [0.1, 0.15) is 44.9 Å². The van der Waals surface area contributed by atoms with Gasteiger partial charge in [-0.15, -0.1) is 0 Å². The highest BCUT2D eigenvalue weighted by molar-refractivity contribution is 5.77. The van der Waals surface area contributed by atoms with Crippen LogP contribution in [0.25, 0.3) is 0 Å². The molecule has 1 aliphatic carbocycles. The molecule has 1 saturated heterocycles. The second-order valence-electron chi connectivity index (χ2n) is 6.34. The summed E-state index contributed by atoms with van der Waals surface area (Å²) in [5.41, 5.74) is 0. The highest BCUT2D eigenvalue weighted by Gasteiger charge is 2.18. The Morgan fingerprint density at radius 1 is 1.00 bits per heavy atom. The Morgan fingerprint density at radius 2 is 1.68 bits per heavy atom. The van der Waals surface area contributed by atoms with E-state index in [9.17, 15) is 9.59 Å². The van der Waals surface area contributed by atoms with Crippen LogP contribution in [0.2, 0.25) is 0 Å². The van der Waals surface area contributed by atoms with Gasteiger partial charge in [-0.1, -0.05) is 19.3 Å². The number of carbonyl (C=O) groups is 2. The van der Waals surface area contributed by atoms with Gasteiger partial charge in [-0.25, -0.2) is 0 Å². The summed E-state index contributed by atoms with van der Waals surface area (Å²) in [6, 6.07) is 0.106. The molecule has 0 aromatic rings. The normalized spacial score (nSPS) is 23.0. The second-order valence-corrected chi connectivity index (χ2v) is 6.34. The van der Waals surface area contributed by atoms with E-state index in [-0.39, 0.29) is 17.9 Å². The summed E-state index contributed by atoms with van der Waals surface area (Å²) in [6.07, 6.45) is 7.25. The lowest BCUT2D eigenvalue weighted by Crippen LogP contribution is -2.45. The van der Waals surface area contributed by atoms with Crippen molar-refractivity contribution in [2.45, 2.75) is 51.0 Å². The molecular formula is C16H29N3O3. The van der Waals surface area contributed by atoms with Gasteiger partial charge in [-0.2, -0.15) is 0 Å². The zero-order valence-corrected chi connectivity index (χ0v) is 13.4. The SMILES string of the molecule is O=C(CC1CCCCC1)NCCNC(=O)CC1COCCN1. The molecular weight excluding hydrogens is 282 g/mol. The van der Waals surface area contributed by atoms with Crippen molar-refractivity contribution in [3.63, 3.8) is 0 Å². The highest BCUT2D eigenvalue weighted by Crippen LogP contribution is 2.25. The Balaban J connectivity index is 1.48. The molecule has 6 heteroatoms. The van der Waals surface area contributed by atoms with Crippen LogP contribution in [0.15, 0.2) is 0 Å². The summed E-state index contributed by atoms with van der Waals surface area (Å²) in [6.45, 7) is 3.10. The fourth-order valence-corrected chi connectivity index (χ4v) is 3.18. The molecule has 1 heterocycles. The summed E-state index contributed by atoms with van der Waals surface area (Å²) >= 11 is 0. The number of hydrogen-bond acceptors (Lipinski definition) is 4. The van der Waals surface area contributed by atoms with Crippen molar-refractivity contribution in [2.24, 2.45) is 5.92 Å². The van der Waals surface area contributed by atoms with Gasteiger partial charge in [0.25, 0.3) is 0 Å².